The van der Waals surface area contributed by atoms with Crippen molar-refractivity contribution in [1.82, 2.24) is 20.4 Å². The van der Waals surface area contributed by atoms with Crippen LogP contribution < -0.4 is 15.5 Å². The van der Waals surface area contributed by atoms with Gasteiger partial charge in [-0.2, -0.15) is 5.10 Å². The highest BCUT2D eigenvalue weighted by molar-refractivity contribution is 5.74. The largest absolute Gasteiger partial charge is 0.366 e. The van der Waals surface area contributed by atoms with Crippen molar-refractivity contribution in [2.45, 2.75) is 38.9 Å². The Morgan fingerprint density at radius 2 is 2.12 bits per heavy atom. The molecular formula is C18H25N5O. The molecule has 2 aromatic rings. The van der Waals surface area contributed by atoms with E-state index in [4.69, 9.17) is 0 Å². The summed E-state index contributed by atoms with van der Waals surface area (Å²) in [6.45, 7) is 6.42. The second-order valence-corrected chi connectivity index (χ2v) is 6.40. The van der Waals surface area contributed by atoms with E-state index in [-0.39, 0.29) is 18.1 Å². The third kappa shape index (κ3) is 3.88. The number of aromatic nitrogens is 2. The van der Waals surface area contributed by atoms with Crippen LogP contribution in [0, 0.1) is 0 Å². The van der Waals surface area contributed by atoms with Gasteiger partial charge >= 0.3 is 6.03 Å². The van der Waals surface area contributed by atoms with E-state index < -0.39 is 0 Å². The topological polar surface area (TPSA) is 62.2 Å². The molecule has 2 amide bonds. The van der Waals surface area contributed by atoms with Gasteiger partial charge < -0.3 is 15.5 Å². The number of benzene rings is 1. The minimum Gasteiger partial charge on any atom is -0.366 e. The lowest BCUT2D eigenvalue weighted by Gasteiger charge is -2.27. The molecular weight excluding hydrogens is 302 g/mol. The molecule has 6 heteroatoms. The number of para-hydroxylation sites is 1. The zero-order chi connectivity index (χ0) is 16.9. The van der Waals surface area contributed by atoms with E-state index in [2.05, 4.69) is 51.8 Å². The molecule has 24 heavy (non-hydrogen) atoms. The summed E-state index contributed by atoms with van der Waals surface area (Å²) in [5.41, 5.74) is 2.68. The Kier molecular flexibility index (Phi) is 5.03. The number of nitrogens with one attached hydrogen (secondary N) is 2. The van der Waals surface area contributed by atoms with Crippen molar-refractivity contribution in [3.05, 3.63) is 48.3 Å². The molecule has 128 valence electrons. The first kappa shape index (κ1) is 16.4. The number of nitrogens with zero attached hydrogens (tertiary/aromatic N) is 3. The molecule has 1 aromatic carbocycles. The number of urea groups is 1. The molecule has 1 aliphatic rings. The van der Waals surface area contributed by atoms with Crippen molar-refractivity contribution >= 4 is 11.7 Å². The summed E-state index contributed by atoms with van der Waals surface area (Å²) < 4.78 is 1.81. The Morgan fingerprint density at radius 3 is 2.92 bits per heavy atom. The lowest BCUT2D eigenvalue weighted by atomic mass is 10.2. The van der Waals surface area contributed by atoms with Gasteiger partial charge in [0.2, 0.25) is 0 Å². The molecule has 0 spiro atoms. The smallest absolute Gasteiger partial charge is 0.315 e. The molecule has 0 bridgehead atoms. The lowest BCUT2D eigenvalue weighted by molar-refractivity contribution is 0.235. The van der Waals surface area contributed by atoms with Gasteiger partial charge in [-0.25, -0.2) is 4.79 Å². The maximum Gasteiger partial charge on any atom is 0.315 e. The van der Waals surface area contributed by atoms with Crippen LogP contribution in [-0.2, 0) is 13.0 Å². The predicted molar refractivity (Wildman–Crippen MR) is 95.2 cm³/mol. The molecule has 6 nitrogen and oxygen atoms in total. The Bertz CT molecular complexity index is 670. The van der Waals surface area contributed by atoms with E-state index in [1.807, 2.05) is 23.9 Å². The van der Waals surface area contributed by atoms with Gasteiger partial charge in [0.25, 0.3) is 0 Å². The number of hydrogen-bond acceptors (Lipinski definition) is 3. The molecule has 1 aromatic heterocycles. The molecule has 2 N–H and O–H groups in total. The van der Waals surface area contributed by atoms with Crippen molar-refractivity contribution in [3.63, 3.8) is 0 Å². The number of carbonyl (C=O) groups is 1. The lowest BCUT2D eigenvalue weighted by Crippen LogP contribution is -2.47. The van der Waals surface area contributed by atoms with Gasteiger partial charge in [-0.15, -0.1) is 0 Å². The van der Waals surface area contributed by atoms with Crippen LogP contribution in [0.15, 0.2) is 42.7 Å². The van der Waals surface area contributed by atoms with Crippen LogP contribution in [0.4, 0.5) is 10.5 Å². The molecule has 1 aliphatic heterocycles. The van der Waals surface area contributed by atoms with Gasteiger partial charge in [-0.3, -0.25) is 4.68 Å². The first-order chi connectivity index (χ1) is 11.6. The summed E-state index contributed by atoms with van der Waals surface area (Å²) in [6.07, 6.45) is 4.71. The maximum atomic E-state index is 12.1. The average Bonchev–Trinajstić information content (AvgIpc) is 3.21. The first-order valence-electron chi connectivity index (χ1n) is 8.50. The van der Waals surface area contributed by atoms with Crippen molar-refractivity contribution in [1.29, 1.82) is 0 Å². The summed E-state index contributed by atoms with van der Waals surface area (Å²) >= 11 is 0. The standard InChI is InChI=1S/C18H25N5O/c1-14(13-22-10-5-9-20-22)21-18(24)19-12-15(2)23-11-8-16-6-3-4-7-17(16)23/h3-7,9-10,14-15H,8,11-13H2,1-2H3,(H2,19,21,24)/t14-,15+/m0/s1. The molecule has 3 rings (SSSR count). The monoisotopic (exact) mass is 327 g/mol. The van der Waals surface area contributed by atoms with Crippen LogP contribution in [0.5, 0.6) is 0 Å². The van der Waals surface area contributed by atoms with E-state index in [9.17, 15) is 4.79 Å². The van der Waals surface area contributed by atoms with Gasteiger partial charge in [0.1, 0.15) is 0 Å². The van der Waals surface area contributed by atoms with E-state index in [1.165, 1.54) is 11.3 Å². The quantitative estimate of drug-likeness (QED) is 0.853. The summed E-state index contributed by atoms with van der Waals surface area (Å²) in [4.78, 5) is 14.4. The zero-order valence-electron chi connectivity index (χ0n) is 14.3. The first-order valence-corrected chi connectivity index (χ1v) is 8.50. The number of fused-ring (bicyclic) bond motifs is 1. The molecule has 0 aliphatic carbocycles. The number of carbonyl (C=O) groups excluding carboxylic acids is 1. The molecule has 2 atom stereocenters. The normalized spacial score (nSPS) is 15.7. The fourth-order valence-corrected chi connectivity index (χ4v) is 3.18. The van der Waals surface area contributed by atoms with Gasteiger partial charge in [0.15, 0.2) is 0 Å². The summed E-state index contributed by atoms with van der Waals surface area (Å²) in [5.74, 6) is 0. The van der Waals surface area contributed by atoms with Crippen LogP contribution in [0.25, 0.3) is 0 Å². The van der Waals surface area contributed by atoms with E-state index in [1.54, 1.807) is 6.20 Å². The third-order valence-electron chi connectivity index (χ3n) is 4.41. The molecule has 2 heterocycles. The van der Waals surface area contributed by atoms with Gasteiger partial charge in [0.05, 0.1) is 6.54 Å². The highest BCUT2D eigenvalue weighted by Gasteiger charge is 2.23. The zero-order valence-corrected chi connectivity index (χ0v) is 14.3. The Labute approximate surface area is 142 Å². The number of amides is 2. The van der Waals surface area contributed by atoms with Crippen molar-refractivity contribution in [2.24, 2.45) is 0 Å². The van der Waals surface area contributed by atoms with Crippen LogP contribution in [-0.4, -0.2) is 41.0 Å². The van der Waals surface area contributed by atoms with Crippen molar-refractivity contribution in [3.8, 4) is 0 Å². The fraction of sp³-hybridized carbons (Fsp3) is 0.444. The number of rotatable bonds is 6. The minimum absolute atomic E-state index is 0.0210. The van der Waals surface area contributed by atoms with E-state index in [0.29, 0.717) is 13.1 Å². The average molecular weight is 327 g/mol. The van der Waals surface area contributed by atoms with Crippen molar-refractivity contribution in [2.75, 3.05) is 18.0 Å². The van der Waals surface area contributed by atoms with Crippen LogP contribution in [0.3, 0.4) is 0 Å². The summed E-state index contributed by atoms with van der Waals surface area (Å²) in [5, 5.41) is 10.1. The van der Waals surface area contributed by atoms with E-state index in [0.717, 1.165) is 13.0 Å². The molecule has 0 saturated carbocycles. The Balaban J connectivity index is 1.44. The van der Waals surface area contributed by atoms with Crippen LogP contribution in [0.1, 0.15) is 19.4 Å². The summed E-state index contributed by atoms with van der Waals surface area (Å²) in [6, 6.07) is 10.5. The molecule has 0 unspecified atom stereocenters. The highest BCUT2D eigenvalue weighted by Crippen LogP contribution is 2.28. The number of hydrogen-bond donors (Lipinski definition) is 2. The van der Waals surface area contributed by atoms with E-state index >= 15 is 0 Å². The third-order valence-corrected chi connectivity index (χ3v) is 4.41. The van der Waals surface area contributed by atoms with Gasteiger partial charge in [0, 0.05) is 43.3 Å². The SMILES string of the molecule is C[C@H](CNC(=O)N[C@@H](C)Cn1cccn1)N1CCc2ccccc21. The summed E-state index contributed by atoms with van der Waals surface area (Å²) in [7, 11) is 0. The minimum atomic E-state index is -0.131. The molecule has 0 saturated heterocycles. The maximum absolute atomic E-state index is 12.1. The van der Waals surface area contributed by atoms with Crippen molar-refractivity contribution < 1.29 is 4.79 Å². The Hall–Kier alpha value is -2.50. The second-order valence-electron chi connectivity index (χ2n) is 6.40. The Morgan fingerprint density at radius 1 is 1.29 bits per heavy atom. The predicted octanol–water partition coefficient (Wildman–Crippen LogP) is 2.02. The van der Waals surface area contributed by atoms with Crippen LogP contribution >= 0.6 is 0 Å². The molecule has 0 radical (unpaired) electrons. The molecule has 0 fully saturated rings. The second kappa shape index (κ2) is 7.38. The number of anilines is 1. The van der Waals surface area contributed by atoms with Gasteiger partial charge in [-0.05, 0) is 38.0 Å². The van der Waals surface area contributed by atoms with Gasteiger partial charge in [-0.1, -0.05) is 18.2 Å². The van der Waals surface area contributed by atoms with Crippen LogP contribution in [0.2, 0.25) is 0 Å². The highest BCUT2D eigenvalue weighted by atomic mass is 16.2. The fourth-order valence-electron chi connectivity index (χ4n) is 3.18.